The third kappa shape index (κ3) is 8.99. The minimum absolute atomic E-state index is 0. The average molecular weight is 451 g/mol. The Balaban J connectivity index is 0.00000385. The molecule has 0 atom stereocenters. The molecule has 0 saturated heterocycles. The minimum Gasteiger partial charge on any atom is -0.493 e. The first-order chi connectivity index (χ1) is 15.4. The van der Waals surface area contributed by atoms with E-state index in [-0.39, 0.29) is 19.8 Å². The first-order valence-corrected chi connectivity index (χ1v) is 10.9. The summed E-state index contributed by atoms with van der Waals surface area (Å²) >= 11 is 0. The van der Waals surface area contributed by atoms with Gasteiger partial charge in [0.15, 0.2) is 0 Å². The van der Waals surface area contributed by atoms with E-state index in [1.165, 1.54) is 5.69 Å². The van der Waals surface area contributed by atoms with Crippen LogP contribution in [-0.4, -0.2) is 40.3 Å². The Labute approximate surface area is 198 Å². The molecule has 0 aliphatic carbocycles. The van der Waals surface area contributed by atoms with Gasteiger partial charge in [0.2, 0.25) is 0 Å². The highest BCUT2D eigenvalue weighted by atomic mass is 16.5. The third-order valence-corrected chi connectivity index (χ3v) is 4.95. The zero-order valence-corrected chi connectivity index (χ0v) is 19.1. The number of carbonyl (C=O) groups excluding carboxylic acids is 1. The van der Waals surface area contributed by atoms with Crippen LogP contribution in [0, 0.1) is 0 Å². The van der Waals surface area contributed by atoms with Crippen LogP contribution in [0.5, 0.6) is 11.5 Å². The number of nitrogens with zero attached hydrogens (tertiary/aromatic N) is 1. The van der Waals surface area contributed by atoms with Crippen LogP contribution in [0.1, 0.15) is 25.0 Å². The first kappa shape index (κ1) is 25.9. The maximum atomic E-state index is 12.0. The number of rotatable bonds is 11. The van der Waals surface area contributed by atoms with E-state index in [2.05, 4.69) is 33.3 Å². The van der Waals surface area contributed by atoms with Crippen molar-refractivity contribution in [2.24, 2.45) is 0 Å². The summed E-state index contributed by atoms with van der Waals surface area (Å²) in [5.41, 5.74) is 3.27. The van der Waals surface area contributed by atoms with Crippen LogP contribution in [0.15, 0.2) is 78.9 Å². The number of hydrogen-bond donors (Lipinski definition) is 0. The van der Waals surface area contributed by atoms with Gasteiger partial charge in [0, 0.05) is 6.42 Å². The highest BCUT2D eigenvalue weighted by Crippen LogP contribution is 2.19. The van der Waals surface area contributed by atoms with Crippen molar-refractivity contribution in [3.63, 3.8) is 0 Å². The molecule has 3 aromatic rings. The van der Waals surface area contributed by atoms with Crippen LogP contribution < -0.4 is 14.0 Å². The van der Waals surface area contributed by atoms with Gasteiger partial charge in [0.1, 0.15) is 23.8 Å². The van der Waals surface area contributed by atoms with Crippen molar-refractivity contribution < 1.29 is 19.0 Å². The van der Waals surface area contributed by atoms with Crippen molar-refractivity contribution >= 4 is 11.7 Å². The van der Waals surface area contributed by atoms with Gasteiger partial charge in [0.05, 0.1) is 40.8 Å². The third-order valence-electron chi connectivity index (χ3n) is 4.95. The number of ether oxygens (including phenoxy) is 3. The van der Waals surface area contributed by atoms with Crippen molar-refractivity contribution in [3.05, 3.63) is 90.0 Å². The van der Waals surface area contributed by atoms with E-state index in [1.54, 1.807) is 0 Å². The number of esters is 1. The van der Waals surface area contributed by atoms with E-state index < -0.39 is 0 Å². The predicted octanol–water partition coefficient (Wildman–Crippen LogP) is 5.65. The van der Waals surface area contributed by atoms with Gasteiger partial charge in [-0.1, -0.05) is 49.9 Å². The summed E-state index contributed by atoms with van der Waals surface area (Å²) < 4.78 is 17.6. The lowest BCUT2D eigenvalue weighted by Crippen LogP contribution is -2.34. The molecule has 0 saturated carbocycles. The second-order valence-corrected chi connectivity index (χ2v) is 8.52. The van der Waals surface area contributed by atoms with Gasteiger partial charge in [-0.3, -0.25) is 9.28 Å². The molecule has 0 heterocycles. The molecular formula is C28H36NO4+. The lowest BCUT2D eigenvalue weighted by atomic mass is 10.1. The fraction of sp³-hybridized carbons (Fsp3) is 0.321. The van der Waals surface area contributed by atoms with Gasteiger partial charge < -0.3 is 14.2 Å². The monoisotopic (exact) mass is 450 g/mol. The molecule has 0 bridgehead atoms. The fourth-order valence-electron chi connectivity index (χ4n) is 3.09. The largest absolute Gasteiger partial charge is 0.493 e. The number of quaternary nitrogens is 1. The molecule has 0 unspecified atom stereocenters. The highest BCUT2D eigenvalue weighted by Gasteiger charge is 2.12. The molecule has 0 fully saturated rings. The van der Waals surface area contributed by atoms with Crippen molar-refractivity contribution in [2.75, 3.05) is 34.4 Å². The van der Waals surface area contributed by atoms with Crippen LogP contribution in [0.2, 0.25) is 0 Å². The van der Waals surface area contributed by atoms with Crippen molar-refractivity contribution in [3.8, 4) is 11.5 Å². The Kier molecular flexibility index (Phi) is 9.95. The van der Waals surface area contributed by atoms with E-state index in [9.17, 15) is 4.79 Å². The van der Waals surface area contributed by atoms with Crippen molar-refractivity contribution in [1.82, 2.24) is 4.48 Å². The maximum absolute atomic E-state index is 12.0. The topological polar surface area (TPSA) is 44.8 Å². The molecule has 5 nitrogen and oxygen atoms in total. The zero-order valence-electron chi connectivity index (χ0n) is 19.1. The molecule has 0 aliphatic rings. The average Bonchev–Trinajstić information content (AvgIpc) is 2.79. The van der Waals surface area contributed by atoms with Crippen molar-refractivity contribution in [2.45, 2.75) is 26.9 Å². The summed E-state index contributed by atoms with van der Waals surface area (Å²) in [5.74, 6) is 1.34. The Morgan fingerprint density at radius 3 is 1.94 bits per heavy atom. The number of carbonyl (C=O) groups is 1. The normalized spacial score (nSPS) is 10.8. The molecule has 0 aliphatic heterocycles. The van der Waals surface area contributed by atoms with E-state index in [0.717, 1.165) is 27.1 Å². The molecule has 176 valence electrons. The fourth-order valence-corrected chi connectivity index (χ4v) is 3.09. The maximum Gasteiger partial charge on any atom is 0.310 e. The van der Waals surface area contributed by atoms with Crippen LogP contribution >= 0.6 is 0 Å². The molecule has 0 aromatic heterocycles. The van der Waals surface area contributed by atoms with Gasteiger partial charge in [-0.15, -0.1) is 0 Å². The van der Waals surface area contributed by atoms with E-state index in [0.29, 0.717) is 26.2 Å². The lowest BCUT2D eigenvalue weighted by Gasteiger charge is -2.23. The summed E-state index contributed by atoms with van der Waals surface area (Å²) in [4.78, 5) is 12.0. The van der Waals surface area contributed by atoms with Crippen LogP contribution in [0.4, 0.5) is 5.69 Å². The van der Waals surface area contributed by atoms with Crippen LogP contribution in [0.25, 0.3) is 0 Å². The Bertz CT molecular complexity index is 962. The van der Waals surface area contributed by atoms with Gasteiger partial charge in [-0.05, 0) is 47.5 Å². The quantitative estimate of drug-likeness (QED) is 0.215. The predicted molar refractivity (Wildman–Crippen MR) is 135 cm³/mol. The number of hydrogen-bond acceptors (Lipinski definition) is 4. The summed E-state index contributed by atoms with van der Waals surface area (Å²) in [6.45, 7) is 1.36. The molecule has 0 radical (unpaired) electrons. The molecule has 5 heteroatoms. The number of benzene rings is 3. The highest BCUT2D eigenvalue weighted by molar-refractivity contribution is 5.72. The molecule has 3 aromatic carbocycles. The van der Waals surface area contributed by atoms with E-state index in [4.69, 9.17) is 14.2 Å². The molecule has 0 N–H and O–H groups in total. The van der Waals surface area contributed by atoms with Crippen LogP contribution in [-0.2, 0) is 22.6 Å². The van der Waals surface area contributed by atoms with Gasteiger partial charge in [0.25, 0.3) is 0 Å². The zero-order chi connectivity index (χ0) is 22.8. The Hall–Kier alpha value is -3.31. The molecule has 0 amide bonds. The van der Waals surface area contributed by atoms with Crippen LogP contribution in [0.3, 0.4) is 0 Å². The lowest BCUT2D eigenvalue weighted by molar-refractivity contribution is -0.143. The molecule has 3 rings (SSSR count). The van der Waals surface area contributed by atoms with Gasteiger partial charge in [-0.2, -0.15) is 0 Å². The molecule has 33 heavy (non-hydrogen) atoms. The summed E-state index contributed by atoms with van der Waals surface area (Å²) in [5, 5.41) is 0. The second kappa shape index (κ2) is 12.7. The smallest absolute Gasteiger partial charge is 0.310 e. The Morgan fingerprint density at radius 1 is 0.727 bits per heavy atom. The molecule has 0 spiro atoms. The van der Waals surface area contributed by atoms with Crippen molar-refractivity contribution in [1.29, 1.82) is 0 Å². The standard InChI is InChI=1S/C27H32NO4.CH4/c1-28(2,3)24-12-10-22(11-13-24)20-27(29)31-19-7-18-30-25-14-16-26(17-15-25)32-21-23-8-5-4-6-9-23;/h4-6,8-17H,7,18-21H2,1-3H3;1H4/q+1;. The van der Waals surface area contributed by atoms with E-state index >= 15 is 0 Å². The van der Waals surface area contributed by atoms with Gasteiger partial charge in [-0.25, -0.2) is 0 Å². The first-order valence-electron chi connectivity index (χ1n) is 10.9. The Morgan fingerprint density at radius 2 is 1.33 bits per heavy atom. The summed E-state index contributed by atoms with van der Waals surface area (Å²) in [7, 11) is 6.33. The molecular weight excluding hydrogens is 414 g/mol. The van der Waals surface area contributed by atoms with E-state index in [1.807, 2.05) is 66.7 Å². The summed E-state index contributed by atoms with van der Waals surface area (Å²) in [6, 6.07) is 25.7. The minimum atomic E-state index is -0.220. The van der Waals surface area contributed by atoms with Gasteiger partial charge >= 0.3 is 5.97 Å². The second-order valence-electron chi connectivity index (χ2n) is 8.52. The SMILES string of the molecule is C.C[N+](C)(C)c1ccc(CC(=O)OCCCOc2ccc(OCc3ccccc3)cc2)cc1. The summed E-state index contributed by atoms with van der Waals surface area (Å²) in [6.07, 6.45) is 0.918.